The Bertz CT molecular complexity index is 2360. The van der Waals surface area contributed by atoms with Gasteiger partial charge in [0.25, 0.3) is 0 Å². The highest BCUT2D eigenvalue weighted by Crippen LogP contribution is 2.35. The highest BCUT2D eigenvalue weighted by atomic mass is 79.9. The van der Waals surface area contributed by atoms with E-state index in [-0.39, 0.29) is 5.91 Å². The number of pyridine rings is 2. The minimum atomic E-state index is -0.0672. The third-order valence-corrected chi connectivity index (χ3v) is 9.11. The van der Waals surface area contributed by atoms with E-state index in [1.165, 1.54) is 5.56 Å². The van der Waals surface area contributed by atoms with Crippen molar-refractivity contribution in [3.8, 4) is 22.3 Å². The van der Waals surface area contributed by atoms with E-state index in [0.29, 0.717) is 0 Å². The number of halogens is 2. The minimum absolute atomic E-state index is 0.0672. The van der Waals surface area contributed by atoms with Crippen LogP contribution in [-0.4, -0.2) is 24.7 Å². The van der Waals surface area contributed by atoms with Gasteiger partial charge in [-0.05, 0) is 79.4 Å². The van der Waals surface area contributed by atoms with Crippen LogP contribution in [0.15, 0.2) is 167 Å². The molecule has 240 valence electrons. The number of hydrogen-bond donors (Lipinski definition) is 1. The van der Waals surface area contributed by atoms with Crippen LogP contribution in [0.1, 0.15) is 6.92 Å². The average Bonchev–Trinajstić information content (AvgIpc) is 3.72. The van der Waals surface area contributed by atoms with E-state index in [0.717, 1.165) is 59.9 Å². The Balaban J connectivity index is 0.000000155. The van der Waals surface area contributed by atoms with Gasteiger partial charge in [-0.15, -0.1) is 0 Å². The van der Waals surface area contributed by atoms with Gasteiger partial charge in [-0.3, -0.25) is 18.5 Å². The molecule has 0 bridgehead atoms. The number of anilines is 4. The van der Waals surface area contributed by atoms with Crippen LogP contribution in [0.4, 0.5) is 22.7 Å². The van der Waals surface area contributed by atoms with Crippen LogP contribution in [0, 0.1) is 0 Å². The Kier molecular flexibility index (Phi) is 9.36. The SMILES string of the molecule is Brc1cnc2c(Nc3ccccc3)cc(-c3ccccc3)cn12.CC(=O)N(c1ccccc1)c1cc(-c2ccccc2)cn2c(Br)cnc12. The Morgan fingerprint density at radius 3 is 1.63 bits per heavy atom. The molecule has 1 amide bonds. The molecule has 0 aliphatic carbocycles. The zero-order valence-electron chi connectivity index (χ0n) is 26.4. The molecule has 8 aromatic rings. The van der Waals surface area contributed by atoms with Gasteiger partial charge in [-0.1, -0.05) is 97.1 Å². The zero-order valence-corrected chi connectivity index (χ0v) is 29.6. The van der Waals surface area contributed by atoms with Crippen molar-refractivity contribution in [2.45, 2.75) is 6.92 Å². The van der Waals surface area contributed by atoms with Crippen molar-refractivity contribution in [1.29, 1.82) is 0 Å². The molecule has 4 aromatic heterocycles. The first kappa shape index (κ1) is 32.1. The summed E-state index contributed by atoms with van der Waals surface area (Å²) < 4.78 is 5.77. The molecule has 0 saturated heterocycles. The van der Waals surface area contributed by atoms with Crippen molar-refractivity contribution in [2.75, 3.05) is 10.2 Å². The minimum Gasteiger partial charge on any atom is -0.352 e. The number of imidazole rings is 2. The van der Waals surface area contributed by atoms with E-state index in [1.54, 1.807) is 18.0 Å². The topological polar surface area (TPSA) is 66.9 Å². The highest BCUT2D eigenvalue weighted by Gasteiger charge is 2.20. The van der Waals surface area contributed by atoms with Crippen LogP contribution >= 0.6 is 31.9 Å². The van der Waals surface area contributed by atoms with Crippen LogP contribution in [0.5, 0.6) is 0 Å². The summed E-state index contributed by atoms with van der Waals surface area (Å²) in [5, 5.41) is 3.47. The number of carbonyl (C=O) groups is 1. The summed E-state index contributed by atoms with van der Waals surface area (Å²) in [5.41, 5.74) is 9.57. The largest absolute Gasteiger partial charge is 0.352 e. The van der Waals surface area contributed by atoms with Crippen molar-refractivity contribution in [2.24, 2.45) is 0 Å². The predicted octanol–water partition coefficient (Wildman–Crippen LogP) is 11.0. The molecule has 9 heteroatoms. The third kappa shape index (κ3) is 6.90. The maximum Gasteiger partial charge on any atom is 0.228 e. The van der Waals surface area contributed by atoms with Crippen molar-refractivity contribution in [3.63, 3.8) is 0 Å². The molecule has 0 aliphatic heterocycles. The third-order valence-electron chi connectivity index (χ3n) is 7.94. The summed E-state index contributed by atoms with van der Waals surface area (Å²) in [4.78, 5) is 23.2. The molecule has 0 spiro atoms. The van der Waals surface area contributed by atoms with E-state index in [9.17, 15) is 4.79 Å². The fourth-order valence-electron chi connectivity index (χ4n) is 5.68. The summed E-state index contributed by atoms with van der Waals surface area (Å²) >= 11 is 7.11. The Morgan fingerprint density at radius 1 is 0.612 bits per heavy atom. The van der Waals surface area contributed by atoms with E-state index in [4.69, 9.17) is 0 Å². The lowest BCUT2D eigenvalue weighted by Gasteiger charge is -2.23. The van der Waals surface area contributed by atoms with Crippen LogP contribution in [-0.2, 0) is 4.79 Å². The molecule has 0 aliphatic rings. The molecule has 4 heterocycles. The first-order chi connectivity index (χ1) is 24.0. The lowest BCUT2D eigenvalue weighted by atomic mass is 10.1. The monoisotopic (exact) mass is 768 g/mol. The number of para-hydroxylation sites is 2. The van der Waals surface area contributed by atoms with E-state index in [2.05, 4.69) is 83.7 Å². The molecular formula is C40H30Br2N6O. The number of benzene rings is 4. The molecule has 0 fully saturated rings. The van der Waals surface area contributed by atoms with Gasteiger partial charge in [0.2, 0.25) is 5.91 Å². The fourth-order valence-corrected chi connectivity index (χ4v) is 6.42. The van der Waals surface area contributed by atoms with Gasteiger partial charge in [-0.2, -0.15) is 0 Å². The van der Waals surface area contributed by atoms with Crippen LogP contribution in [0.3, 0.4) is 0 Å². The second-order valence-corrected chi connectivity index (χ2v) is 12.8. The molecular weight excluding hydrogens is 740 g/mol. The fraction of sp³-hybridized carbons (Fsp3) is 0.0250. The molecule has 0 saturated carbocycles. The van der Waals surface area contributed by atoms with Crippen LogP contribution < -0.4 is 10.2 Å². The number of fused-ring (bicyclic) bond motifs is 2. The summed E-state index contributed by atoms with van der Waals surface area (Å²) in [5.74, 6) is -0.0672. The van der Waals surface area contributed by atoms with Gasteiger partial charge in [0.15, 0.2) is 11.3 Å². The molecule has 1 N–H and O–H groups in total. The highest BCUT2D eigenvalue weighted by molar-refractivity contribution is 9.10. The maximum atomic E-state index is 12.5. The number of nitrogens with one attached hydrogen (secondary N) is 1. The molecule has 8 rings (SSSR count). The predicted molar refractivity (Wildman–Crippen MR) is 206 cm³/mol. The van der Waals surface area contributed by atoms with Crippen molar-refractivity contribution < 1.29 is 4.79 Å². The lowest BCUT2D eigenvalue weighted by molar-refractivity contribution is -0.115. The van der Waals surface area contributed by atoms with Gasteiger partial charge in [0.1, 0.15) is 9.21 Å². The van der Waals surface area contributed by atoms with Crippen molar-refractivity contribution >= 4 is 71.8 Å². The molecule has 7 nitrogen and oxygen atoms in total. The Labute approximate surface area is 300 Å². The number of amides is 1. The molecule has 0 unspecified atom stereocenters. The quantitative estimate of drug-likeness (QED) is 0.183. The number of rotatable bonds is 6. The number of hydrogen-bond acceptors (Lipinski definition) is 4. The lowest BCUT2D eigenvalue weighted by Crippen LogP contribution is -2.23. The molecule has 4 aromatic carbocycles. The van der Waals surface area contributed by atoms with Gasteiger partial charge >= 0.3 is 0 Å². The zero-order chi connectivity index (χ0) is 33.7. The Morgan fingerprint density at radius 2 is 1.08 bits per heavy atom. The normalized spacial score (nSPS) is 10.8. The summed E-state index contributed by atoms with van der Waals surface area (Å²) in [7, 11) is 0. The molecule has 49 heavy (non-hydrogen) atoms. The smallest absolute Gasteiger partial charge is 0.228 e. The van der Waals surface area contributed by atoms with E-state index < -0.39 is 0 Å². The van der Waals surface area contributed by atoms with Crippen LogP contribution in [0.2, 0.25) is 0 Å². The van der Waals surface area contributed by atoms with Crippen molar-refractivity contribution in [3.05, 3.63) is 167 Å². The van der Waals surface area contributed by atoms with Crippen molar-refractivity contribution in [1.82, 2.24) is 18.8 Å². The first-order valence-corrected chi connectivity index (χ1v) is 17.2. The van der Waals surface area contributed by atoms with Crippen LogP contribution in [0.25, 0.3) is 33.5 Å². The van der Waals surface area contributed by atoms with E-state index >= 15 is 0 Å². The Hall–Kier alpha value is -5.51. The summed E-state index contributed by atoms with van der Waals surface area (Å²) in [6.07, 6.45) is 7.68. The second-order valence-electron chi connectivity index (χ2n) is 11.2. The second kappa shape index (κ2) is 14.3. The van der Waals surface area contributed by atoms with E-state index in [1.807, 2.05) is 124 Å². The van der Waals surface area contributed by atoms with Gasteiger partial charge < -0.3 is 5.32 Å². The first-order valence-electron chi connectivity index (χ1n) is 15.6. The molecule has 0 atom stereocenters. The van der Waals surface area contributed by atoms with Gasteiger partial charge in [-0.25, -0.2) is 9.97 Å². The summed E-state index contributed by atoms with van der Waals surface area (Å²) in [6, 6.07) is 44.3. The average molecular weight is 771 g/mol. The van der Waals surface area contributed by atoms with Gasteiger partial charge in [0.05, 0.1) is 23.8 Å². The standard InChI is InChI=1S/C21H16BrN3O.C19H14BrN3/c1-15(26)25(18-10-6-3-7-11-18)19-12-17(16-8-4-2-5-9-16)14-24-20(22)13-23-21(19)24;20-18-12-21-19-17(22-16-9-5-2-6-10-16)11-15(13-23(18)19)14-7-3-1-4-8-14/h2-14H,1H3;1-13,22H. The number of carbonyl (C=O) groups excluding carboxylic acids is 1. The number of aromatic nitrogens is 4. The van der Waals surface area contributed by atoms with Gasteiger partial charge in [0, 0.05) is 41.8 Å². The molecule has 0 radical (unpaired) electrons. The maximum absolute atomic E-state index is 12.5. The number of nitrogens with zero attached hydrogens (tertiary/aromatic N) is 5. The summed E-state index contributed by atoms with van der Waals surface area (Å²) in [6.45, 7) is 1.57.